The van der Waals surface area contributed by atoms with Gasteiger partial charge in [0.25, 0.3) is 0 Å². The van der Waals surface area contributed by atoms with Crippen LogP contribution in [0, 0.1) is 11.6 Å². The molecule has 0 amide bonds. The minimum absolute atomic E-state index is 0.129. The summed E-state index contributed by atoms with van der Waals surface area (Å²) in [6.45, 7) is 4.51. The van der Waals surface area contributed by atoms with Gasteiger partial charge in [-0.2, -0.15) is 0 Å². The fourth-order valence-corrected chi connectivity index (χ4v) is 1.94. The molecule has 1 aromatic carbocycles. The van der Waals surface area contributed by atoms with Crippen molar-refractivity contribution in [2.24, 2.45) is 0 Å². The van der Waals surface area contributed by atoms with Crippen molar-refractivity contribution in [3.05, 3.63) is 29.3 Å². The normalized spacial score (nSPS) is 23.7. The van der Waals surface area contributed by atoms with E-state index < -0.39 is 11.6 Å². The molecule has 1 aliphatic heterocycles. The fraction of sp³-hybridized carbons (Fsp3) is 0.455. The summed E-state index contributed by atoms with van der Waals surface area (Å²) in [6.07, 6.45) is -0.170. The molecule has 1 heterocycles. The third-order valence-corrected chi connectivity index (χ3v) is 2.57. The Morgan fingerprint density at radius 1 is 1.40 bits per heavy atom. The first kappa shape index (κ1) is 10.4. The summed E-state index contributed by atoms with van der Waals surface area (Å²) in [5, 5.41) is 3.15. The van der Waals surface area contributed by atoms with E-state index in [-0.39, 0.29) is 17.9 Å². The van der Waals surface area contributed by atoms with E-state index in [1.165, 1.54) is 6.07 Å². The number of ether oxygens (including phenoxy) is 1. The molecular formula is C11H13F2NO. The van der Waals surface area contributed by atoms with E-state index in [0.29, 0.717) is 5.56 Å². The van der Waals surface area contributed by atoms with Gasteiger partial charge in [-0.3, -0.25) is 0 Å². The van der Waals surface area contributed by atoms with Gasteiger partial charge in [0.15, 0.2) is 11.6 Å². The van der Waals surface area contributed by atoms with Crippen molar-refractivity contribution in [1.82, 2.24) is 5.32 Å². The van der Waals surface area contributed by atoms with Crippen molar-refractivity contribution in [2.45, 2.75) is 26.0 Å². The molecule has 0 saturated heterocycles. The number of likely N-dealkylation sites (N-methyl/N-ethyl adjacent to an activating group) is 1. The molecule has 1 aliphatic rings. The predicted molar refractivity (Wildman–Crippen MR) is 52.9 cm³/mol. The van der Waals surface area contributed by atoms with Crippen molar-refractivity contribution in [2.75, 3.05) is 6.54 Å². The number of halogens is 2. The van der Waals surface area contributed by atoms with E-state index in [9.17, 15) is 8.78 Å². The van der Waals surface area contributed by atoms with Gasteiger partial charge in [0.05, 0.1) is 6.04 Å². The molecular weight excluding hydrogens is 200 g/mol. The molecule has 2 nitrogen and oxygen atoms in total. The van der Waals surface area contributed by atoms with Crippen LogP contribution < -0.4 is 10.1 Å². The quantitative estimate of drug-likeness (QED) is 0.814. The number of nitrogens with one attached hydrogen (secondary N) is 1. The number of hydrogen-bond donors (Lipinski definition) is 1. The lowest BCUT2D eigenvalue weighted by atomic mass is 10.0. The Hall–Kier alpha value is -1.16. The Morgan fingerprint density at radius 2 is 2.13 bits per heavy atom. The van der Waals surface area contributed by atoms with Gasteiger partial charge in [-0.05, 0) is 19.5 Å². The molecule has 4 heteroatoms. The van der Waals surface area contributed by atoms with Crippen molar-refractivity contribution in [1.29, 1.82) is 0 Å². The summed E-state index contributed by atoms with van der Waals surface area (Å²) in [7, 11) is 0. The zero-order valence-corrected chi connectivity index (χ0v) is 8.68. The Labute approximate surface area is 87.2 Å². The molecule has 2 atom stereocenters. The number of rotatable bonds is 2. The van der Waals surface area contributed by atoms with Crippen LogP contribution in [0.15, 0.2) is 12.1 Å². The van der Waals surface area contributed by atoms with Gasteiger partial charge < -0.3 is 10.1 Å². The first-order valence-electron chi connectivity index (χ1n) is 5.02. The SMILES string of the molecule is CCNC1c2cc(F)cc(F)c2OC1C. The smallest absolute Gasteiger partial charge is 0.168 e. The van der Waals surface area contributed by atoms with E-state index in [2.05, 4.69) is 5.32 Å². The van der Waals surface area contributed by atoms with Crippen LogP contribution >= 0.6 is 0 Å². The molecule has 0 aromatic heterocycles. The van der Waals surface area contributed by atoms with Gasteiger partial charge in [0.1, 0.15) is 11.9 Å². The summed E-state index contributed by atoms with van der Waals surface area (Å²) < 4.78 is 31.7. The van der Waals surface area contributed by atoms with Crippen molar-refractivity contribution >= 4 is 0 Å². The molecule has 1 aromatic rings. The molecule has 0 fully saturated rings. The zero-order valence-electron chi connectivity index (χ0n) is 8.68. The summed E-state index contributed by atoms with van der Waals surface area (Å²) >= 11 is 0. The second-order valence-electron chi connectivity index (χ2n) is 3.66. The van der Waals surface area contributed by atoms with Crippen molar-refractivity contribution < 1.29 is 13.5 Å². The first-order valence-corrected chi connectivity index (χ1v) is 5.02. The van der Waals surface area contributed by atoms with E-state index in [1.54, 1.807) is 0 Å². The number of fused-ring (bicyclic) bond motifs is 1. The third-order valence-electron chi connectivity index (χ3n) is 2.57. The zero-order chi connectivity index (χ0) is 11.0. The lowest BCUT2D eigenvalue weighted by molar-refractivity contribution is 0.204. The van der Waals surface area contributed by atoms with Gasteiger partial charge in [-0.15, -0.1) is 0 Å². The lowest BCUT2D eigenvalue weighted by Gasteiger charge is -2.14. The third kappa shape index (κ3) is 1.69. The molecule has 0 saturated carbocycles. The highest BCUT2D eigenvalue weighted by atomic mass is 19.1. The van der Waals surface area contributed by atoms with Gasteiger partial charge in [-0.1, -0.05) is 6.92 Å². The van der Waals surface area contributed by atoms with Gasteiger partial charge in [0, 0.05) is 11.6 Å². The van der Waals surface area contributed by atoms with Crippen LogP contribution in [0.4, 0.5) is 8.78 Å². The summed E-state index contributed by atoms with van der Waals surface area (Å²) in [5.41, 5.74) is 0.571. The summed E-state index contributed by atoms with van der Waals surface area (Å²) in [6, 6.07) is 2.05. The summed E-state index contributed by atoms with van der Waals surface area (Å²) in [5.74, 6) is -1.01. The molecule has 0 spiro atoms. The van der Waals surface area contributed by atoms with Gasteiger partial charge in [-0.25, -0.2) is 8.78 Å². The molecule has 15 heavy (non-hydrogen) atoms. The minimum atomic E-state index is -0.628. The van der Waals surface area contributed by atoms with Crippen LogP contribution in [0.5, 0.6) is 5.75 Å². The fourth-order valence-electron chi connectivity index (χ4n) is 1.94. The highest BCUT2D eigenvalue weighted by Crippen LogP contribution is 2.38. The largest absolute Gasteiger partial charge is 0.485 e. The maximum atomic E-state index is 13.3. The molecule has 0 aliphatic carbocycles. The second kappa shape index (κ2) is 3.77. The number of benzene rings is 1. The van der Waals surface area contributed by atoms with Crippen LogP contribution in [0.2, 0.25) is 0 Å². The Morgan fingerprint density at radius 3 is 2.80 bits per heavy atom. The highest BCUT2D eigenvalue weighted by Gasteiger charge is 2.33. The second-order valence-corrected chi connectivity index (χ2v) is 3.66. The standard InChI is InChI=1S/C11H13F2NO/c1-3-14-10-6(2)15-11-8(10)4-7(12)5-9(11)13/h4-6,10,14H,3H2,1-2H3. The average Bonchev–Trinajstić information content (AvgIpc) is 2.46. The van der Waals surface area contributed by atoms with Gasteiger partial charge in [0.2, 0.25) is 0 Å². The molecule has 82 valence electrons. The average molecular weight is 213 g/mol. The number of hydrogen-bond acceptors (Lipinski definition) is 2. The molecule has 1 N–H and O–H groups in total. The Balaban J connectivity index is 2.43. The lowest BCUT2D eigenvalue weighted by Crippen LogP contribution is -2.28. The molecule has 2 rings (SSSR count). The first-order chi connectivity index (χ1) is 7.13. The Kier molecular flexibility index (Phi) is 2.61. The van der Waals surface area contributed by atoms with E-state index >= 15 is 0 Å². The van der Waals surface area contributed by atoms with Crippen LogP contribution in [-0.4, -0.2) is 12.6 Å². The Bertz CT molecular complexity index is 381. The monoisotopic (exact) mass is 213 g/mol. The molecule has 0 bridgehead atoms. The highest BCUT2D eigenvalue weighted by molar-refractivity contribution is 5.42. The van der Waals surface area contributed by atoms with Gasteiger partial charge >= 0.3 is 0 Å². The van der Waals surface area contributed by atoms with E-state index in [4.69, 9.17) is 4.74 Å². The van der Waals surface area contributed by atoms with E-state index in [1.807, 2.05) is 13.8 Å². The topological polar surface area (TPSA) is 21.3 Å². The maximum absolute atomic E-state index is 13.3. The van der Waals surface area contributed by atoms with Crippen LogP contribution in [0.1, 0.15) is 25.5 Å². The molecule has 2 unspecified atom stereocenters. The minimum Gasteiger partial charge on any atom is -0.485 e. The van der Waals surface area contributed by atoms with Crippen molar-refractivity contribution in [3.63, 3.8) is 0 Å². The summed E-state index contributed by atoms with van der Waals surface area (Å²) in [4.78, 5) is 0. The van der Waals surface area contributed by atoms with Crippen LogP contribution in [0.3, 0.4) is 0 Å². The van der Waals surface area contributed by atoms with Crippen LogP contribution in [-0.2, 0) is 0 Å². The molecule has 0 radical (unpaired) electrons. The van der Waals surface area contributed by atoms with E-state index in [0.717, 1.165) is 12.6 Å². The maximum Gasteiger partial charge on any atom is 0.168 e. The predicted octanol–water partition coefficient (Wildman–Crippen LogP) is 2.40. The van der Waals surface area contributed by atoms with Crippen LogP contribution in [0.25, 0.3) is 0 Å². The van der Waals surface area contributed by atoms with Crippen molar-refractivity contribution in [3.8, 4) is 5.75 Å².